The summed E-state index contributed by atoms with van der Waals surface area (Å²) in [4.78, 5) is 0. The second-order valence-electron chi connectivity index (χ2n) is 13.8. The smallest absolute Gasteiger partial charge is 0.0308 e. The molecule has 2 aliphatic carbocycles. The maximum Gasteiger partial charge on any atom is 0.0308 e. The molecule has 0 N–H and O–H groups in total. The monoisotopic (exact) mass is 628 g/mol. The first kappa shape index (κ1) is 33.5. The summed E-state index contributed by atoms with van der Waals surface area (Å²) in [5.41, 5.74) is 17.1. The zero-order valence-corrected chi connectivity index (χ0v) is 29.5. The Morgan fingerprint density at radius 2 is 1.40 bits per heavy atom. The molecule has 3 atom stereocenters. The van der Waals surface area contributed by atoms with Crippen molar-refractivity contribution in [3.8, 4) is 0 Å². The van der Waals surface area contributed by atoms with Gasteiger partial charge in [-0.1, -0.05) is 172 Å². The Bertz CT molecular complexity index is 1800. The van der Waals surface area contributed by atoms with Crippen LogP contribution in [0.5, 0.6) is 0 Å². The van der Waals surface area contributed by atoms with Crippen LogP contribution in [0.2, 0.25) is 0 Å². The summed E-state index contributed by atoms with van der Waals surface area (Å²) in [7, 11) is 0. The van der Waals surface area contributed by atoms with Gasteiger partial charge in [-0.2, -0.15) is 0 Å². The molecule has 0 nitrogen and oxygen atoms in total. The molecule has 0 heteroatoms. The molecular formula is C48H52. The van der Waals surface area contributed by atoms with Gasteiger partial charge >= 0.3 is 0 Å². The van der Waals surface area contributed by atoms with E-state index >= 15 is 0 Å². The summed E-state index contributed by atoms with van der Waals surface area (Å²) in [6.45, 7) is 13.6. The summed E-state index contributed by atoms with van der Waals surface area (Å²) in [6, 6.07) is 36.2. The van der Waals surface area contributed by atoms with Gasteiger partial charge in [0.2, 0.25) is 0 Å². The fraction of sp³-hybridized carbons (Fsp3) is 0.292. The standard InChI is InChI=1S/C48H52/c1-6-36-30-44(31-37(7-2)45(36)8-3)46-29-28-41(48(46)40-19-13-10-14-20-40)27-24-34(4)16-15-21-42-32-43(38-17-11-9-12-18-38)33-47(42)39-25-22-35(5)23-26-39/h9-15,17-23,25-26,28-32,43,47-48H,4,6-8,16,24,27,33H2,1-3,5H3. The van der Waals surface area contributed by atoms with Crippen molar-refractivity contribution in [2.75, 3.05) is 0 Å². The molecule has 4 aromatic rings. The fourth-order valence-corrected chi connectivity index (χ4v) is 7.99. The number of hydrogen-bond acceptors (Lipinski definition) is 0. The maximum atomic E-state index is 4.55. The number of benzene rings is 4. The zero-order valence-electron chi connectivity index (χ0n) is 29.5. The van der Waals surface area contributed by atoms with Gasteiger partial charge in [0.1, 0.15) is 0 Å². The molecule has 0 fully saturated rings. The Balaban J connectivity index is 1.15. The van der Waals surface area contributed by atoms with E-state index in [1.165, 1.54) is 61.2 Å². The minimum Gasteiger partial charge on any atom is -0.0995 e. The Morgan fingerprint density at radius 1 is 0.750 bits per heavy atom. The highest BCUT2D eigenvalue weighted by Gasteiger charge is 2.28. The molecule has 4 aromatic carbocycles. The largest absolute Gasteiger partial charge is 0.0995 e. The summed E-state index contributed by atoms with van der Waals surface area (Å²) >= 11 is 0. The van der Waals surface area contributed by atoms with E-state index in [1.807, 2.05) is 0 Å². The lowest BCUT2D eigenvalue weighted by molar-refractivity contribution is 0.712. The van der Waals surface area contributed by atoms with Crippen molar-refractivity contribution >= 4 is 5.57 Å². The lowest BCUT2D eigenvalue weighted by Gasteiger charge is -2.23. The molecule has 0 amide bonds. The maximum absolute atomic E-state index is 4.55. The van der Waals surface area contributed by atoms with Gasteiger partial charge in [0.25, 0.3) is 0 Å². The van der Waals surface area contributed by atoms with Crippen molar-refractivity contribution in [1.29, 1.82) is 0 Å². The second kappa shape index (κ2) is 15.7. The first-order chi connectivity index (χ1) is 23.5. The van der Waals surface area contributed by atoms with E-state index in [-0.39, 0.29) is 0 Å². The molecule has 0 radical (unpaired) electrons. The number of rotatable bonds is 13. The van der Waals surface area contributed by atoms with Crippen molar-refractivity contribution in [3.63, 3.8) is 0 Å². The van der Waals surface area contributed by atoms with E-state index in [0.717, 1.165) is 44.9 Å². The third kappa shape index (κ3) is 7.50. The van der Waals surface area contributed by atoms with Crippen LogP contribution in [0.4, 0.5) is 0 Å². The molecule has 48 heavy (non-hydrogen) atoms. The molecule has 0 bridgehead atoms. The molecule has 6 rings (SSSR count). The molecule has 0 aromatic heterocycles. The van der Waals surface area contributed by atoms with Crippen molar-refractivity contribution in [2.45, 2.75) is 90.4 Å². The number of aryl methyl sites for hydroxylation is 3. The van der Waals surface area contributed by atoms with E-state index in [0.29, 0.717) is 17.8 Å². The van der Waals surface area contributed by atoms with Crippen LogP contribution in [0.1, 0.15) is 109 Å². The minimum absolute atomic E-state index is 0.297. The molecular weight excluding hydrogens is 577 g/mol. The highest BCUT2D eigenvalue weighted by atomic mass is 14.3. The van der Waals surface area contributed by atoms with Gasteiger partial charge in [-0.15, -0.1) is 0 Å². The van der Waals surface area contributed by atoms with Crippen molar-refractivity contribution < 1.29 is 0 Å². The molecule has 3 unspecified atom stereocenters. The van der Waals surface area contributed by atoms with Crippen LogP contribution in [-0.4, -0.2) is 0 Å². The van der Waals surface area contributed by atoms with Crippen LogP contribution in [0.3, 0.4) is 0 Å². The van der Waals surface area contributed by atoms with E-state index in [4.69, 9.17) is 0 Å². The third-order valence-corrected chi connectivity index (χ3v) is 10.7. The average Bonchev–Trinajstić information content (AvgIpc) is 3.76. The third-order valence-electron chi connectivity index (χ3n) is 10.7. The Hall–Kier alpha value is -4.42. The molecule has 244 valence electrons. The Kier molecular flexibility index (Phi) is 10.9. The van der Waals surface area contributed by atoms with Crippen LogP contribution < -0.4 is 0 Å². The number of allylic oxidation sites excluding steroid dienone is 9. The van der Waals surface area contributed by atoms with Gasteiger partial charge in [-0.05, 0) is 102 Å². The molecule has 0 spiro atoms. The zero-order chi connectivity index (χ0) is 33.5. The lowest BCUT2D eigenvalue weighted by Crippen LogP contribution is -2.06. The first-order valence-corrected chi connectivity index (χ1v) is 18.3. The Morgan fingerprint density at radius 3 is 2.02 bits per heavy atom. The minimum atomic E-state index is 0.297. The molecule has 0 saturated heterocycles. The quantitative estimate of drug-likeness (QED) is 0.129. The van der Waals surface area contributed by atoms with Crippen LogP contribution >= 0.6 is 0 Å². The molecule has 0 saturated carbocycles. The normalized spacial score (nSPS) is 19.0. The van der Waals surface area contributed by atoms with Gasteiger partial charge in [0.15, 0.2) is 0 Å². The van der Waals surface area contributed by atoms with E-state index < -0.39 is 0 Å². The van der Waals surface area contributed by atoms with Crippen molar-refractivity contribution in [2.24, 2.45) is 0 Å². The van der Waals surface area contributed by atoms with Gasteiger partial charge in [-0.25, -0.2) is 0 Å². The van der Waals surface area contributed by atoms with Crippen LogP contribution in [0, 0.1) is 6.92 Å². The van der Waals surface area contributed by atoms with E-state index in [2.05, 4.69) is 162 Å². The van der Waals surface area contributed by atoms with Crippen molar-refractivity contribution in [1.82, 2.24) is 0 Å². The predicted octanol–water partition coefficient (Wildman–Crippen LogP) is 13.0. The highest BCUT2D eigenvalue weighted by molar-refractivity contribution is 5.80. The van der Waals surface area contributed by atoms with Crippen molar-refractivity contribution in [3.05, 3.63) is 195 Å². The summed E-state index contributed by atoms with van der Waals surface area (Å²) in [5, 5.41) is 0. The molecule has 0 heterocycles. The highest BCUT2D eigenvalue weighted by Crippen LogP contribution is 2.46. The van der Waals surface area contributed by atoms with Crippen LogP contribution in [0.25, 0.3) is 5.57 Å². The summed E-state index contributed by atoms with van der Waals surface area (Å²) in [6.07, 6.45) is 19.4. The van der Waals surface area contributed by atoms with Gasteiger partial charge in [-0.3, -0.25) is 0 Å². The van der Waals surface area contributed by atoms with E-state index in [9.17, 15) is 0 Å². The Labute approximate surface area is 290 Å². The topological polar surface area (TPSA) is 0 Å². The molecule has 0 aliphatic heterocycles. The van der Waals surface area contributed by atoms with Crippen LogP contribution in [-0.2, 0) is 19.3 Å². The first-order valence-electron chi connectivity index (χ1n) is 18.3. The molecule has 2 aliphatic rings. The second-order valence-corrected chi connectivity index (χ2v) is 13.8. The average molecular weight is 629 g/mol. The number of hydrogen-bond donors (Lipinski definition) is 0. The summed E-state index contributed by atoms with van der Waals surface area (Å²) < 4.78 is 0. The van der Waals surface area contributed by atoms with Gasteiger partial charge in [0.05, 0.1) is 0 Å². The SMILES string of the molecule is C=C(CC=CC1=CC(c2ccccc2)CC1c1ccc(C)cc1)CCC1=CC=C(c2cc(CC)c(CC)c(CC)c2)C1c1ccccc1. The van der Waals surface area contributed by atoms with Gasteiger partial charge < -0.3 is 0 Å². The van der Waals surface area contributed by atoms with E-state index in [1.54, 1.807) is 5.56 Å². The van der Waals surface area contributed by atoms with Crippen LogP contribution in [0.15, 0.2) is 151 Å². The lowest BCUT2D eigenvalue weighted by atomic mass is 9.81. The fourth-order valence-electron chi connectivity index (χ4n) is 7.99. The predicted molar refractivity (Wildman–Crippen MR) is 208 cm³/mol. The summed E-state index contributed by atoms with van der Waals surface area (Å²) in [5.74, 6) is 1.17. The van der Waals surface area contributed by atoms with Gasteiger partial charge in [0, 0.05) is 17.8 Å².